The highest BCUT2D eigenvalue weighted by Crippen LogP contribution is 2.17. The van der Waals surface area contributed by atoms with Crippen molar-refractivity contribution in [3.63, 3.8) is 0 Å². The van der Waals surface area contributed by atoms with Crippen LogP contribution in [-0.4, -0.2) is 6.66 Å². The Morgan fingerprint density at radius 3 is 2.36 bits per heavy atom. The van der Waals surface area contributed by atoms with Gasteiger partial charge in [0.1, 0.15) is 0 Å². The minimum atomic E-state index is 0.612. The molecule has 1 nitrogen and oxygen atoms in total. The van der Waals surface area contributed by atoms with E-state index in [1.807, 2.05) is 24.9 Å². The van der Waals surface area contributed by atoms with Crippen LogP contribution in [0.1, 0.15) is 5.56 Å². The van der Waals surface area contributed by atoms with E-state index in [1.165, 1.54) is 16.3 Å². The van der Waals surface area contributed by atoms with Crippen LogP contribution in [0.3, 0.4) is 0 Å². The Morgan fingerprint density at radius 2 is 1.64 bits per heavy atom. The van der Waals surface area contributed by atoms with Crippen molar-refractivity contribution in [2.24, 2.45) is 5.73 Å². The Bertz CT molecular complexity index is 393. The van der Waals surface area contributed by atoms with Gasteiger partial charge < -0.3 is 5.73 Å². The van der Waals surface area contributed by atoms with Gasteiger partial charge in [-0.1, -0.05) is 49.1 Å². The lowest BCUT2D eigenvalue weighted by Crippen LogP contribution is -1.96. The molecule has 0 saturated heterocycles. The Hall–Kier alpha value is -0.910. The summed E-state index contributed by atoms with van der Waals surface area (Å²) in [5, 5.41) is 2.53. The summed E-state index contributed by atoms with van der Waals surface area (Å²) in [6.07, 6.45) is 0. The normalized spacial score (nSPS) is 9.36. The minimum Gasteiger partial charge on any atom is -0.326 e. The smallest absolute Gasteiger partial charge is 0.0184 e. The second kappa shape index (κ2) is 5.74. The lowest BCUT2D eigenvalue weighted by atomic mass is 10.1. The first-order valence-corrected chi connectivity index (χ1v) is 5.82. The fraction of sp³-hybridized carbons (Fsp3) is 0.167. The van der Waals surface area contributed by atoms with Gasteiger partial charge in [0, 0.05) is 6.54 Å². The molecule has 0 aliphatic carbocycles. The molecule has 2 N–H and O–H groups in total. The molecule has 2 rings (SSSR count). The van der Waals surface area contributed by atoms with E-state index in [2.05, 4.69) is 33.5 Å². The predicted octanol–water partition coefficient (Wildman–Crippen LogP) is 2.79. The molecular weight excluding hydrogens is 189 g/mol. The predicted molar refractivity (Wildman–Crippen MR) is 67.5 cm³/mol. The van der Waals surface area contributed by atoms with E-state index >= 15 is 0 Å². The van der Waals surface area contributed by atoms with Crippen molar-refractivity contribution in [2.75, 3.05) is 6.66 Å². The maximum atomic E-state index is 5.62. The maximum absolute atomic E-state index is 5.62. The van der Waals surface area contributed by atoms with Gasteiger partial charge in [0.05, 0.1) is 0 Å². The first kappa shape index (κ1) is 11.2. The zero-order chi connectivity index (χ0) is 10.4. The molecule has 0 heterocycles. The van der Waals surface area contributed by atoms with Gasteiger partial charge in [-0.2, -0.15) is 0 Å². The van der Waals surface area contributed by atoms with Gasteiger partial charge in [-0.05, 0) is 16.3 Å². The Balaban J connectivity index is 0.000000461. The summed E-state index contributed by atoms with van der Waals surface area (Å²) in [4.78, 5) is 0. The molecule has 0 radical (unpaired) electrons. The molecule has 1 unspecified atom stereocenters. The molecule has 2 aromatic rings. The van der Waals surface area contributed by atoms with E-state index in [1.54, 1.807) is 0 Å². The number of hydrogen-bond acceptors (Lipinski definition) is 1. The van der Waals surface area contributed by atoms with Crippen molar-refractivity contribution in [1.82, 2.24) is 0 Å². The summed E-state index contributed by atoms with van der Waals surface area (Å²) in [5.41, 5.74) is 6.83. The molecular formula is C12H16NP. The van der Waals surface area contributed by atoms with Crippen LogP contribution in [0, 0.1) is 0 Å². The third-order valence-electron chi connectivity index (χ3n) is 2.10. The van der Waals surface area contributed by atoms with Crippen LogP contribution >= 0.6 is 9.24 Å². The van der Waals surface area contributed by atoms with Crippen molar-refractivity contribution >= 4 is 20.0 Å². The highest BCUT2D eigenvalue weighted by Gasteiger charge is 1.95. The van der Waals surface area contributed by atoms with E-state index in [4.69, 9.17) is 5.73 Å². The SMILES string of the molecule is CP.NCc1cccc2ccccc12. The Labute approximate surface area is 87.5 Å². The van der Waals surface area contributed by atoms with E-state index < -0.39 is 0 Å². The molecule has 0 aliphatic rings. The molecule has 0 aromatic heterocycles. The van der Waals surface area contributed by atoms with E-state index in [0.717, 1.165) is 0 Å². The Kier molecular flexibility index (Phi) is 4.58. The molecule has 0 aliphatic heterocycles. The first-order chi connectivity index (χ1) is 6.92. The van der Waals surface area contributed by atoms with E-state index in [0.29, 0.717) is 6.54 Å². The van der Waals surface area contributed by atoms with Crippen LogP contribution < -0.4 is 5.73 Å². The topological polar surface area (TPSA) is 26.0 Å². The largest absolute Gasteiger partial charge is 0.326 e. The third kappa shape index (κ3) is 2.31. The van der Waals surface area contributed by atoms with Crippen LogP contribution in [0.5, 0.6) is 0 Å². The van der Waals surface area contributed by atoms with Crippen LogP contribution in [0.15, 0.2) is 42.5 Å². The zero-order valence-electron chi connectivity index (χ0n) is 8.40. The summed E-state index contributed by atoms with van der Waals surface area (Å²) in [6.45, 7) is 2.53. The summed E-state index contributed by atoms with van der Waals surface area (Å²) < 4.78 is 0. The van der Waals surface area contributed by atoms with Crippen molar-refractivity contribution in [3.8, 4) is 0 Å². The molecule has 2 heteroatoms. The number of hydrogen-bond donors (Lipinski definition) is 1. The van der Waals surface area contributed by atoms with E-state index in [-0.39, 0.29) is 0 Å². The lowest BCUT2D eigenvalue weighted by molar-refractivity contribution is 1.09. The number of benzene rings is 2. The molecule has 0 spiro atoms. The van der Waals surface area contributed by atoms with Gasteiger partial charge in [-0.15, -0.1) is 9.24 Å². The van der Waals surface area contributed by atoms with Crippen LogP contribution in [0.4, 0.5) is 0 Å². The van der Waals surface area contributed by atoms with Gasteiger partial charge >= 0.3 is 0 Å². The fourth-order valence-electron chi connectivity index (χ4n) is 1.47. The standard InChI is InChI=1S/C11H11N.CH5P/c12-8-10-6-3-5-9-4-1-2-7-11(9)10;1-2/h1-7H,8,12H2;2H2,1H3. The quantitative estimate of drug-likeness (QED) is 0.712. The second-order valence-corrected chi connectivity index (χ2v) is 2.84. The van der Waals surface area contributed by atoms with Crippen LogP contribution in [-0.2, 0) is 6.54 Å². The van der Waals surface area contributed by atoms with Crippen molar-refractivity contribution in [1.29, 1.82) is 0 Å². The van der Waals surface area contributed by atoms with Gasteiger partial charge in [-0.3, -0.25) is 0 Å². The fourth-order valence-corrected chi connectivity index (χ4v) is 1.47. The summed E-state index contributed by atoms with van der Waals surface area (Å²) in [7, 11) is 2.42. The van der Waals surface area contributed by atoms with Crippen molar-refractivity contribution < 1.29 is 0 Å². The monoisotopic (exact) mass is 205 g/mol. The highest BCUT2D eigenvalue weighted by atomic mass is 31.0. The molecule has 0 amide bonds. The highest BCUT2D eigenvalue weighted by molar-refractivity contribution is 7.15. The molecule has 14 heavy (non-hydrogen) atoms. The molecule has 1 atom stereocenters. The maximum Gasteiger partial charge on any atom is 0.0184 e. The minimum absolute atomic E-state index is 0.612. The molecule has 0 saturated carbocycles. The second-order valence-electron chi connectivity index (χ2n) is 2.84. The van der Waals surface area contributed by atoms with Crippen LogP contribution in [0.25, 0.3) is 10.8 Å². The molecule has 2 aromatic carbocycles. The van der Waals surface area contributed by atoms with Gasteiger partial charge in [-0.25, -0.2) is 0 Å². The molecule has 0 bridgehead atoms. The first-order valence-electron chi connectivity index (χ1n) is 4.66. The average molecular weight is 205 g/mol. The van der Waals surface area contributed by atoms with Gasteiger partial charge in [0.25, 0.3) is 0 Å². The summed E-state index contributed by atoms with van der Waals surface area (Å²) in [6, 6.07) is 14.5. The Morgan fingerprint density at radius 1 is 1.00 bits per heavy atom. The average Bonchev–Trinajstić information content (AvgIpc) is 2.31. The molecule has 74 valence electrons. The van der Waals surface area contributed by atoms with Crippen molar-refractivity contribution in [3.05, 3.63) is 48.0 Å². The number of rotatable bonds is 1. The molecule has 0 fully saturated rings. The van der Waals surface area contributed by atoms with E-state index in [9.17, 15) is 0 Å². The summed E-state index contributed by atoms with van der Waals surface area (Å²) >= 11 is 0. The number of nitrogens with two attached hydrogens (primary N) is 1. The van der Waals surface area contributed by atoms with Gasteiger partial charge in [0.15, 0.2) is 0 Å². The lowest BCUT2D eigenvalue weighted by Gasteiger charge is -2.02. The van der Waals surface area contributed by atoms with Crippen molar-refractivity contribution in [2.45, 2.75) is 6.54 Å². The zero-order valence-corrected chi connectivity index (χ0v) is 9.56. The number of fused-ring (bicyclic) bond motifs is 1. The summed E-state index contributed by atoms with van der Waals surface area (Å²) in [5.74, 6) is 0. The third-order valence-corrected chi connectivity index (χ3v) is 2.10. The van der Waals surface area contributed by atoms with Gasteiger partial charge in [0.2, 0.25) is 0 Å². The van der Waals surface area contributed by atoms with Crippen LogP contribution in [0.2, 0.25) is 0 Å².